The van der Waals surface area contributed by atoms with E-state index in [1.54, 1.807) is 11.9 Å². The van der Waals surface area contributed by atoms with Crippen LogP contribution < -0.4 is 5.56 Å². The van der Waals surface area contributed by atoms with E-state index in [-0.39, 0.29) is 16.9 Å². The van der Waals surface area contributed by atoms with Gasteiger partial charge in [0.25, 0.3) is 11.5 Å². The van der Waals surface area contributed by atoms with Gasteiger partial charge in [-0.25, -0.2) is 0 Å². The minimum Gasteiger partial charge on any atom is -0.339 e. The summed E-state index contributed by atoms with van der Waals surface area (Å²) in [7, 11) is 1.77. The summed E-state index contributed by atoms with van der Waals surface area (Å²) in [6.07, 6.45) is 8.77. The molecule has 1 aliphatic rings. The van der Waals surface area contributed by atoms with E-state index >= 15 is 0 Å². The van der Waals surface area contributed by atoms with E-state index in [1.807, 2.05) is 10.6 Å². The Balaban J connectivity index is 2.59. The van der Waals surface area contributed by atoms with Crippen LogP contribution in [0.15, 0.2) is 46.8 Å². The molecule has 0 saturated carbocycles. The summed E-state index contributed by atoms with van der Waals surface area (Å²) in [5, 5.41) is 0. The highest BCUT2D eigenvalue weighted by molar-refractivity contribution is 5.93. The largest absolute Gasteiger partial charge is 0.339 e. The van der Waals surface area contributed by atoms with Gasteiger partial charge in [0.05, 0.1) is 0 Å². The predicted octanol–water partition coefficient (Wildman–Crippen LogP) is 4.39. The van der Waals surface area contributed by atoms with Crippen molar-refractivity contribution >= 4 is 5.91 Å². The lowest BCUT2D eigenvalue weighted by Crippen LogP contribution is -2.41. The van der Waals surface area contributed by atoms with Gasteiger partial charge in [-0.05, 0) is 36.8 Å². The number of rotatable bonds is 8. The van der Waals surface area contributed by atoms with E-state index in [2.05, 4.69) is 58.3 Å². The van der Waals surface area contributed by atoms with Crippen LogP contribution in [0, 0.1) is 11.3 Å². The van der Waals surface area contributed by atoms with Gasteiger partial charge in [0.15, 0.2) is 0 Å². The third kappa shape index (κ3) is 4.60. The Kier molecular flexibility index (Phi) is 7.39. The number of likely N-dealkylation sites (N-methyl/N-ethyl adjacent to an activating group) is 1. The van der Waals surface area contributed by atoms with Gasteiger partial charge in [-0.3, -0.25) is 9.59 Å². The van der Waals surface area contributed by atoms with Gasteiger partial charge in [-0.1, -0.05) is 52.5 Å². The molecule has 2 heterocycles. The van der Waals surface area contributed by atoms with Crippen LogP contribution in [0.25, 0.3) is 0 Å². The number of carbonyl (C=O) groups excluding carboxylic acids is 1. The Morgan fingerprint density at radius 1 is 1.28 bits per heavy atom. The zero-order valence-corrected chi connectivity index (χ0v) is 18.8. The fraction of sp³-hybridized carbons (Fsp3) is 0.542. The predicted molar refractivity (Wildman–Crippen MR) is 119 cm³/mol. The van der Waals surface area contributed by atoms with Gasteiger partial charge in [0.1, 0.15) is 11.5 Å². The Hall–Kier alpha value is -2.43. The van der Waals surface area contributed by atoms with Crippen molar-refractivity contribution in [3.63, 3.8) is 0 Å². The van der Waals surface area contributed by atoms with Crippen LogP contribution in [-0.2, 0) is 13.0 Å². The summed E-state index contributed by atoms with van der Waals surface area (Å²) >= 11 is 0. The average molecular weight is 398 g/mol. The third-order valence-corrected chi connectivity index (χ3v) is 6.32. The molecule has 0 aliphatic carbocycles. The standard InChI is InChI=1S/C24H35N3O2/c1-8-18(17(5)6)14-19(9-2)24(10-3,11-4)16-21-25-22(28)15-20-23(29)26(7)12-13-27(20)21/h8-9,14-15,17H,1,10-13,16H2,2-7H3/b18-14+,19-9+. The normalized spacial score (nSPS) is 15.7. The van der Waals surface area contributed by atoms with Crippen molar-refractivity contribution in [3.8, 4) is 0 Å². The molecule has 0 N–H and O–H groups in total. The fourth-order valence-corrected chi connectivity index (χ4v) is 4.16. The maximum absolute atomic E-state index is 12.6. The van der Waals surface area contributed by atoms with Crippen molar-refractivity contribution in [1.29, 1.82) is 0 Å². The molecule has 29 heavy (non-hydrogen) atoms. The maximum atomic E-state index is 12.6. The minimum atomic E-state index is -0.345. The SMILES string of the molecule is C=C/C(=C\C(=C/C)C(CC)(CC)Cc1nc(=O)cc2n1CCN(C)C2=O)C(C)C. The van der Waals surface area contributed by atoms with Crippen molar-refractivity contribution < 1.29 is 4.79 Å². The lowest BCUT2D eigenvalue weighted by atomic mass is 9.71. The topological polar surface area (TPSA) is 55.2 Å². The number of nitrogens with zero attached hydrogens (tertiary/aromatic N) is 3. The maximum Gasteiger partial charge on any atom is 0.273 e. The number of carbonyl (C=O) groups is 1. The first kappa shape index (κ1) is 22.9. The lowest BCUT2D eigenvalue weighted by molar-refractivity contribution is 0.0742. The van der Waals surface area contributed by atoms with Crippen molar-refractivity contribution in [2.75, 3.05) is 13.6 Å². The van der Waals surface area contributed by atoms with Crippen molar-refractivity contribution in [3.05, 3.63) is 63.9 Å². The first-order valence-electron chi connectivity index (χ1n) is 10.6. The highest BCUT2D eigenvalue weighted by atomic mass is 16.2. The van der Waals surface area contributed by atoms with Gasteiger partial charge in [0, 0.05) is 38.0 Å². The molecule has 0 bridgehead atoms. The molecule has 1 aromatic heterocycles. The number of hydrogen-bond donors (Lipinski definition) is 0. The zero-order valence-electron chi connectivity index (χ0n) is 18.8. The fourth-order valence-electron chi connectivity index (χ4n) is 4.16. The second kappa shape index (κ2) is 9.38. The molecule has 0 radical (unpaired) electrons. The molecule has 1 amide bonds. The Morgan fingerprint density at radius 2 is 1.93 bits per heavy atom. The van der Waals surface area contributed by atoms with Gasteiger partial charge in [0.2, 0.25) is 0 Å². The number of amides is 1. The van der Waals surface area contributed by atoms with Crippen LogP contribution in [0.5, 0.6) is 0 Å². The lowest BCUT2D eigenvalue weighted by Gasteiger charge is -2.36. The number of hydrogen-bond acceptors (Lipinski definition) is 3. The van der Waals surface area contributed by atoms with E-state index in [9.17, 15) is 9.59 Å². The molecule has 0 atom stereocenters. The second-order valence-electron chi connectivity index (χ2n) is 8.19. The highest BCUT2D eigenvalue weighted by Crippen LogP contribution is 2.40. The van der Waals surface area contributed by atoms with E-state index in [1.165, 1.54) is 17.2 Å². The number of fused-ring (bicyclic) bond motifs is 1. The molecule has 0 unspecified atom stereocenters. The van der Waals surface area contributed by atoms with E-state index in [4.69, 9.17) is 0 Å². The molecule has 0 fully saturated rings. The van der Waals surface area contributed by atoms with Crippen molar-refractivity contribution in [1.82, 2.24) is 14.5 Å². The summed E-state index contributed by atoms with van der Waals surface area (Å²) < 4.78 is 1.94. The van der Waals surface area contributed by atoms with E-state index < -0.39 is 0 Å². The Bertz CT molecular complexity index is 886. The smallest absolute Gasteiger partial charge is 0.273 e. The molecular weight excluding hydrogens is 362 g/mol. The first-order chi connectivity index (χ1) is 13.7. The van der Waals surface area contributed by atoms with Crippen LogP contribution in [-0.4, -0.2) is 34.0 Å². The summed E-state index contributed by atoms with van der Waals surface area (Å²) in [4.78, 5) is 30.9. The van der Waals surface area contributed by atoms with Gasteiger partial charge >= 0.3 is 0 Å². The zero-order chi connectivity index (χ0) is 21.8. The van der Waals surface area contributed by atoms with Crippen LogP contribution >= 0.6 is 0 Å². The molecule has 1 aliphatic heterocycles. The summed E-state index contributed by atoms with van der Waals surface area (Å²) in [6.45, 7) is 16.0. The average Bonchev–Trinajstić information content (AvgIpc) is 2.70. The van der Waals surface area contributed by atoms with Gasteiger partial charge in [-0.15, -0.1) is 0 Å². The van der Waals surface area contributed by atoms with Crippen molar-refractivity contribution in [2.24, 2.45) is 11.3 Å². The van der Waals surface area contributed by atoms with Crippen LogP contribution in [0.1, 0.15) is 63.8 Å². The third-order valence-electron chi connectivity index (χ3n) is 6.32. The summed E-state index contributed by atoms with van der Waals surface area (Å²) in [5.41, 5.74) is 2.37. The Labute approximate surface area is 174 Å². The molecule has 5 heteroatoms. The monoisotopic (exact) mass is 397 g/mol. The second-order valence-corrected chi connectivity index (χ2v) is 8.19. The first-order valence-corrected chi connectivity index (χ1v) is 10.6. The van der Waals surface area contributed by atoms with Gasteiger partial charge in [-0.2, -0.15) is 4.98 Å². The molecule has 2 rings (SSSR count). The number of aromatic nitrogens is 2. The van der Waals surface area contributed by atoms with Crippen LogP contribution in [0.3, 0.4) is 0 Å². The van der Waals surface area contributed by atoms with E-state index in [0.717, 1.165) is 12.8 Å². The summed E-state index contributed by atoms with van der Waals surface area (Å²) in [5.74, 6) is 0.970. The molecule has 1 aromatic rings. The minimum absolute atomic E-state index is 0.115. The molecular formula is C24H35N3O2. The van der Waals surface area contributed by atoms with Crippen molar-refractivity contribution in [2.45, 2.75) is 60.4 Å². The molecule has 0 saturated heterocycles. The molecule has 158 valence electrons. The van der Waals surface area contributed by atoms with Crippen LogP contribution in [0.2, 0.25) is 0 Å². The Morgan fingerprint density at radius 3 is 2.45 bits per heavy atom. The highest BCUT2D eigenvalue weighted by Gasteiger charge is 2.33. The molecule has 0 spiro atoms. The number of allylic oxidation sites excluding steroid dienone is 5. The van der Waals surface area contributed by atoms with Crippen LogP contribution in [0.4, 0.5) is 0 Å². The quantitative estimate of drug-likeness (QED) is 0.611. The molecule has 5 nitrogen and oxygen atoms in total. The summed E-state index contributed by atoms with van der Waals surface area (Å²) in [6, 6.07) is 1.37. The molecule has 0 aromatic carbocycles. The van der Waals surface area contributed by atoms with E-state index in [0.29, 0.717) is 36.9 Å². The van der Waals surface area contributed by atoms with Gasteiger partial charge < -0.3 is 9.47 Å².